The number of benzene rings is 3. The van der Waals surface area contributed by atoms with Gasteiger partial charge in [-0.2, -0.15) is 0 Å². The monoisotopic (exact) mass is 482 g/mol. The number of hydrogen-bond acceptors (Lipinski definition) is 5. The maximum absolute atomic E-state index is 13.0. The molecule has 1 heterocycles. The second-order valence-corrected chi connectivity index (χ2v) is 9.74. The molecule has 34 heavy (non-hydrogen) atoms. The Morgan fingerprint density at radius 2 is 1.50 bits per heavy atom. The number of nitrogens with one attached hydrogen (secondary N) is 2. The van der Waals surface area contributed by atoms with Crippen molar-refractivity contribution in [1.29, 1.82) is 0 Å². The van der Waals surface area contributed by atoms with E-state index in [9.17, 15) is 17.6 Å². The predicted octanol–water partition coefficient (Wildman–Crippen LogP) is 3.18. The van der Waals surface area contributed by atoms with E-state index in [0.29, 0.717) is 12.1 Å². The number of halogens is 1. The molecule has 1 amide bonds. The highest BCUT2D eigenvalue weighted by molar-refractivity contribution is 7.92. The number of piperazine rings is 1. The Morgan fingerprint density at radius 1 is 0.853 bits per heavy atom. The largest absolute Gasteiger partial charge is 0.369 e. The van der Waals surface area contributed by atoms with E-state index in [0.717, 1.165) is 32.7 Å². The number of nitrogens with zero attached hydrogens (tertiary/aromatic N) is 2. The van der Waals surface area contributed by atoms with E-state index in [2.05, 4.69) is 32.0 Å². The van der Waals surface area contributed by atoms with Crippen molar-refractivity contribution >= 4 is 27.3 Å². The van der Waals surface area contributed by atoms with Gasteiger partial charge >= 0.3 is 0 Å². The van der Waals surface area contributed by atoms with E-state index in [1.165, 1.54) is 54.2 Å². The molecule has 178 valence electrons. The smallest absolute Gasteiger partial charge is 0.261 e. The summed E-state index contributed by atoms with van der Waals surface area (Å²) < 4.78 is 40.4. The highest BCUT2D eigenvalue weighted by atomic mass is 32.2. The van der Waals surface area contributed by atoms with Crippen LogP contribution in [0.25, 0.3) is 0 Å². The van der Waals surface area contributed by atoms with Crippen LogP contribution in [0.2, 0.25) is 0 Å². The lowest BCUT2D eigenvalue weighted by Crippen LogP contribution is -2.48. The quantitative estimate of drug-likeness (QED) is 0.516. The lowest BCUT2D eigenvalue weighted by molar-refractivity contribution is 0.0947. The number of sulfonamides is 1. The van der Waals surface area contributed by atoms with Crippen LogP contribution in [0, 0.1) is 5.82 Å². The van der Waals surface area contributed by atoms with E-state index in [1.54, 1.807) is 0 Å². The Hall–Kier alpha value is -3.43. The molecule has 3 aromatic rings. The molecule has 0 saturated carbocycles. The third kappa shape index (κ3) is 6.12. The van der Waals surface area contributed by atoms with Gasteiger partial charge in [-0.3, -0.25) is 14.4 Å². The lowest BCUT2D eigenvalue weighted by atomic mass is 10.2. The Labute approximate surface area is 199 Å². The summed E-state index contributed by atoms with van der Waals surface area (Å²) >= 11 is 0. The number of para-hydroxylation sites is 1. The van der Waals surface area contributed by atoms with Gasteiger partial charge < -0.3 is 10.2 Å². The van der Waals surface area contributed by atoms with Gasteiger partial charge in [-0.05, 0) is 60.7 Å². The first kappa shape index (κ1) is 23.7. The van der Waals surface area contributed by atoms with Gasteiger partial charge in [0.25, 0.3) is 15.9 Å². The molecular formula is C25H27FN4O3S. The van der Waals surface area contributed by atoms with Crippen LogP contribution in [0.3, 0.4) is 0 Å². The number of hydrogen-bond donors (Lipinski definition) is 2. The zero-order chi connectivity index (χ0) is 24.0. The van der Waals surface area contributed by atoms with Crippen LogP contribution < -0.4 is 14.9 Å². The molecular weight excluding hydrogens is 455 g/mol. The molecule has 3 aromatic carbocycles. The third-order valence-electron chi connectivity index (χ3n) is 5.73. The minimum atomic E-state index is -3.84. The molecule has 0 unspecified atom stereocenters. The molecule has 0 atom stereocenters. The first-order valence-corrected chi connectivity index (χ1v) is 12.6. The zero-order valence-electron chi connectivity index (χ0n) is 18.7. The summed E-state index contributed by atoms with van der Waals surface area (Å²) in [6.45, 7) is 5.01. The van der Waals surface area contributed by atoms with Gasteiger partial charge in [0.1, 0.15) is 5.82 Å². The SMILES string of the molecule is O=C(NCCN1CCN(c2ccccc2)CC1)c1ccc(S(=O)(=O)Nc2ccc(F)cc2)cc1. The number of carbonyl (C=O) groups is 1. The number of carbonyl (C=O) groups excluding carboxylic acids is 1. The summed E-state index contributed by atoms with van der Waals surface area (Å²) in [7, 11) is -3.84. The van der Waals surface area contributed by atoms with Crippen molar-refractivity contribution in [2.75, 3.05) is 48.9 Å². The number of rotatable bonds is 8. The summed E-state index contributed by atoms with van der Waals surface area (Å²) in [6.07, 6.45) is 0. The predicted molar refractivity (Wildman–Crippen MR) is 131 cm³/mol. The van der Waals surface area contributed by atoms with Crippen LogP contribution >= 0.6 is 0 Å². The average molecular weight is 483 g/mol. The van der Waals surface area contributed by atoms with Gasteiger partial charge in [-0.15, -0.1) is 0 Å². The Morgan fingerprint density at radius 3 is 2.15 bits per heavy atom. The summed E-state index contributed by atoms with van der Waals surface area (Å²) in [5.74, 6) is -0.703. The van der Waals surface area contributed by atoms with Gasteiger partial charge in [0.05, 0.1) is 4.90 Å². The Kier molecular flexibility index (Phi) is 7.44. The van der Waals surface area contributed by atoms with Gasteiger partial charge in [-0.25, -0.2) is 12.8 Å². The first-order chi connectivity index (χ1) is 16.4. The van der Waals surface area contributed by atoms with Crippen LogP contribution in [-0.2, 0) is 10.0 Å². The fourth-order valence-corrected chi connectivity index (χ4v) is 4.87. The molecule has 1 saturated heterocycles. The molecule has 1 aliphatic rings. The van der Waals surface area contributed by atoms with Gasteiger partial charge in [0.2, 0.25) is 0 Å². The lowest BCUT2D eigenvalue weighted by Gasteiger charge is -2.36. The normalized spacial score (nSPS) is 14.6. The van der Waals surface area contributed by atoms with E-state index in [-0.39, 0.29) is 16.5 Å². The zero-order valence-corrected chi connectivity index (χ0v) is 19.5. The van der Waals surface area contributed by atoms with Crippen molar-refractivity contribution in [2.45, 2.75) is 4.90 Å². The molecule has 4 rings (SSSR count). The van der Waals surface area contributed by atoms with E-state index < -0.39 is 15.8 Å². The molecule has 0 aromatic heterocycles. The first-order valence-electron chi connectivity index (χ1n) is 11.1. The Bertz CT molecular complexity index is 1200. The molecule has 1 fully saturated rings. The Balaban J connectivity index is 1.23. The minimum absolute atomic E-state index is 0.0182. The molecule has 7 nitrogen and oxygen atoms in total. The number of anilines is 2. The summed E-state index contributed by atoms with van der Waals surface area (Å²) in [5, 5.41) is 2.90. The standard InChI is InChI=1S/C25H27FN4O3S/c26-21-8-10-22(11-9-21)28-34(32,33)24-12-6-20(7-13-24)25(31)27-14-15-29-16-18-30(19-17-29)23-4-2-1-3-5-23/h1-13,28H,14-19H2,(H,27,31). The van der Waals surface area contributed by atoms with Crippen molar-refractivity contribution in [3.05, 3.63) is 90.2 Å². The van der Waals surface area contributed by atoms with Gasteiger partial charge in [-0.1, -0.05) is 18.2 Å². The maximum Gasteiger partial charge on any atom is 0.261 e. The average Bonchev–Trinajstić information content (AvgIpc) is 2.86. The van der Waals surface area contributed by atoms with Crippen LogP contribution in [0.1, 0.15) is 10.4 Å². The number of amides is 1. The molecule has 0 bridgehead atoms. The second-order valence-electron chi connectivity index (χ2n) is 8.06. The van der Waals surface area contributed by atoms with Crippen molar-refractivity contribution < 1.29 is 17.6 Å². The van der Waals surface area contributed by atoms with Crippen molar-refractivity contribution in [1.82, 2.24) is 10.2 Å². The van der Waals surface area contributed by atoms with E-state index in [1.807, 2.05) is 18.2 Å². The van der Waals surface area contributed by atoms with Crippen LogP contribution in [0.4, 0.5) is 15.8 Å². The fourth-order valence-electron chi connectivity index (χ4n) is 3.82. The third-order valence-corrected chi connectivity index (χ3v) is 7.13. The molecule has 1 aliphatic heterocycles. The van der Waals surface area contributed by atoms with Crippen molar-refractivity contribution in [3.8, 4) is 0 Å². The van der Waals surface area contributed by atoms with E-state index >= 15 is 0 Å². The van der Waals surface area contributed by atoms with Crippen LogP contribution in [0.5, 0.6) is 0 Å². The van der Waals surface area contributed by atoms with Gasteiger partial charge in [0, 0.05) is 56.2 Å². The minimum Gasteiger partial charge on any atom is -0.369 e. The van der Waals surface area contributed by atoms with E-state index in [4.69, 9.17) is 0 Å². The highest BCUT2D eigenvalue weighted by Gasteiger charge is 2.18. The molecule has 9 heteroatoms. The summed E-state index contributed by atoms with van der Waals surface area (Å²) in [6, 6.07) is 21.1. The van der Waals surface area contributed by atoms with Crippen molar-refractivity contribution in [3.63, 3.8) is 0 Å². The topological polar surface area (TPSA) is 81.8 Å². The van der Waals surface area contributed by atoms with Crippen LogP contribution in [0.15, 0.2) is 83.8 Å². The van der Waals surface area contributed by atoms with Gasteiger partial charge in [0.15, 0.2) is 0 Å². The second kappa shape index (κ2) is 10.7. The molecule has 0 aliphatic carbocycles. The van der Waals surface area contributed by atoms with Crippen LogP contribution in [-0.4, -0.2) is 58.5 Å². The highest BCUT2D eigenvalue weighted by Crippen LogP contribution is 2.18. The molecule has 0 spiro atoms. The summed E-state index contributed by atoms with van der Waals surface area (Å²) in [4.78, 5) is 17.2. The van der Waals surface area contributed by atoms with Crippen molar-refractivity contribution in [2.24, 2.45) is 0 Å². The maximum atomic E-state index is 13.0. The molecule has 2 N–H and O–H groups in total. The molecule has 0 radical (unpaired) electrons. The fraction of sp³-hybridized carbons (Fsp3) is 0.240. The summed E-state index contributed by atoms with van der Waals surface area (Å²) in [5.41, 5.74) is 1.87.